The van der Waals surface area contributed by atoms with Gasteiger partial charge in [-0.15, -0.1) is 10.2 Å². The lowest BCUT2D eigenvalue weighted by Gasteiger charge is -2.13. The normalized spacial score (nSPS) is 14.8. The standard InChI is InChI=1S/C13H15N5O2/c1-8(12-17-16-10-5-3-7-18(10)12)14-13(20)9-4-2-6-11(19)15-9/h2,4,6,8H,3,5,7H2,1H3,(H,14,20)(H,15,19). The number of aryl methyl sites for hydroxylation is 1. The van der Waals surface area contributed by atoms with Crippen LogP contribution in [0.15, 0.2) is 23.0 Å². The molecule has 0 saturated heterocycles. The van der Waals surface area contributed by atoms with Gasteiger partial charge in [0, 0.05) is 19.0 Å². The smallest absolute Gasteiger partial charge is 0.268 e. The Bertz CT molecular complexity index is 703. The first-order valence-corrected chi connectivity index (χ1v) is 6.57. The van der Waals surface area contributed by atoms with Gasteiger partial charge in [-0.2, -0.15) is 0 Å². The molecule has 3 heterocycles. The monoisotopic (exact) mass is 273 g/mol. The van der Waals surface area contributed by atoms with E-state index in [4.69, 9.17) is 0 Å². The Hall–Kier alpha value is -2.44. The molecule has 1 amide bonds. The van der Waals surface area contributed by atoms with Crippen molar-refractivity contribution < 1.29 is 4.79 Å². The fourth-order valence-corrected chi connectivity index (χ4v) is 2.41. The molecule has 104 valence electrons. The lowest BCUT2D eigenvalue weighted by Crippen LogP contribution is -2.30. The number of carbonyl (C=O) groups is 1. The summed E-state index contributed by atoms with van der Waals surface area (Å²) in [6.45, 7) is 2.74. The van der Waals surface area contributed by atoms with Crippen LogP contribution in [0.25, 0.3) is 0 Å². The Kier molecular flexibility index (Phi) is 3.09. The molecular weight excluding hydrogens is 258 g/mol. The Balaban J connectivity index is 1.77. The van der Waals surface area contributed by atoms with Crippen LogP contribution in [0.5, 0.6) is 0 Å². The second-order valence-electron chi connectivity index (χ2n) is 4.85. The molecule has 1 aliphatic rings. The van der Waals surface area contributed by atoms with Gasteiger partial charge in [0.05, 0.1) is 6.04 Å². The number of aromatic amines is 1. The van der Waals surface area contributed by atoms with Crippen LogP contribution in [0.4, 0.5) is 0 Å². The average molecular weight is 273 g/mol. The molecule has 0 fully saturated rings. The molecule has 2 aromatic rings. The van der Waals surface area contributed by atoms with Crippen molar-refractivity contribution >= 4 is 5.91 Å². The van der Waals surface area contributed by atoms with Gasteiger partial charge in [-0.1, -0.05) is 6.07 Å². The summed E-state index contributed by atoms with van der Waals surface area (Å²) >= 11 is 0. The van der Waals surface area contributed by atoms with Crippen molar-refractivity contribution in [3.05, 3.63) is 45.9 Å². The minimum absolute atomic E-state index is 0.241. The van der Waals surface area contributed by atoms with Gasteiger partial charge in [0.25, 0.3) is 5.91 Å². The summed E-state index contributed by atoms with van der Waals surface area (Å²) in [4.78, 5) is 25.8. The molecule has 0 radical (unpaired) electrons. The van der Waals surface area contributed by atoms with Gasteiger partial charge < -0.3 is 14.9 Å². The molecule has 1 unspecified atom stereocenters. The van der Waals surface area contributed by atoms with Gasteiger partial charge in [-0.3, -0.25) is 9.59 Å². The van der Waals surface area contributed by atoms with Gasteiger partial charge in [-0.25, -0.2) is 0 Å². The molecule has 3 rings (SSSR count). The van der Waals surface area contributed by atoms with E-state index in [1.165, 1.54) is 6.07 Å². The summed E-state index contributed by atoms with van der Waals surface area (Å²) in [6, 6.07) is 4.22. The largest absolute Gasteiger partial charge is 0.341 e. The fourth-order valence-electron chi connectivity index (χ4n) is 2.41. The number of rotatable bonds is 3. The van der Waals surface area contributed by atoms with Crippen molar-refractivity contribution in [3.8, 4) is 0 Å². The number of nitrogens with one attached hydrogen (secondary N) is 2. The molecule has 0 spiro atoms. The van der Waals surface area contributed by atoms with E-state index in [-0.39, 0.29) is 23.2 Å². The van der Waals surface area contributed by atoms with Crippen LogP contribution in [-0.2, 0) is 13.0 Å². The molecule has 1 aliphatic heterocycles. The molecule has 0 aliphatic carbocycles. The third kappa shape index (κ3) is 2.22. The lowest BCUT2D eigenvalue weighted by atomic mass is 10.2. The van der Waals surface area contributed by atoms with Crippen LogP contribution in [0.2, 0.25) is 0 Å². The molecule has 20 heavy (non-hydrogen) atoms. The molecule has 7 nitrogen and oxygen atoms in total. The zero-order valence-corrected chi connectivity index (χ0v) is 11.1. The van der Waals surface area contributed by atoms with Crippen molar-refractivity contribution in [1.82, 2.24) is 25.1 Å². The number of pyridine rings is 1. The van der Waals surface area contributed by atoms with Crippen LogP contribution in [0.3, 0.4) is 0 Å². The van der Waals surface area contributed by atoms with Crippen LogP contribution < -0.4 is 10.9 Å². The van der Waals surface area contributed by atoms with E-state index in [0.717, 1.165) is 31.0 Å². The van der Waals surface area contributed by atoms with Gasteiger partial charge >= 0.3 is 0 Å². The van der Waals surface area contributed by atoms with Gasteiger partial charge in [0.1, 0.15) is 11.5 Å². The Morgan fingerprint density at radius 3 is 3.10 bits per heavy atom. The highest BCUT2D eigenvalue weighted by Gasteiger charge is 2.22. The predicted octanol–water partition coefficient (Wildman–Crippen LogP) is 0.404. The molecule has 2 N–H and O–H groups in total. The first kappa shape index (κ1) is 12.6. The molecule has 0 saturated carbocycles. The molecule has 0 aromatic carbocycles. The minimum Gasteiger partial charge on any atom is -0.341 e. The van der Waals surface area contributed by atoms with Crippen molar-refractivity contribution in [2.24, 2.45) is 0 Å². The van der Waals surface area contributed by atoms with Crippen LogP contribution >= 0.6 is 0 Å². The number of H-pyrrole nitrogens is 1. The number of hydrogen-bond acceptors (Lipinski definition) is 4. The van der Waals surface area contributed by atoms with E-state index >= 15 is 0 Å². The molecule has 0 bridgehead atoms. The van der Waals surface area contributed by atoms with Crippen molar-refractivity contribution in [2.45, 2.75) is 32.4 Å². The zero-order chi connectivity index (χ0) is 14.1. The van der Waals surface area contributed by atoms with Crippen molar-refractivity contribution in [3.63, 3.8) is 0 Å². The summed E-state index contributed by atoms with van der Waals surface area (Å²) in [5, 5.41) is 11.1. The third-order valence-corrected chi connectivity index (χ3v) is 3.39. The number of fused-ring (bicyclic) bond motifs is 1. The highest BCUT2D eigenvalue weighted by Crippen LogP contribution is 2.18. The number of aromatic nitrogens is 4. The summed E-state index contributed by atoms with van der Waals surface area (Å²) in [5.41, 5.74) is -0.0563. The van der Waals surface area contributed by atoms with E-state index in [9.17, 15) is 9.59 Å². The summed E-state index contributed by atoms with van der Waals surface area (Å²) < 4.78 is 2.04. The van der Waals surface area contributed by atoms with Crippen LogP contribution in [0.1, 0.15) is 41.5 Å². The zero-order valence-electron chi connectivity index (χ0n) is 11.1. The number of carbonyl (C=O) groups excluding carboxylic acids is 1. The van der Waals surface area contributed by atoms with E-state index in [2.05, 4.69) is 20.5 Å². The number of hydrogen-bond donors (Lipinski definition) is 2. The second kappa shape index (κ2) is 4.92. The fraction of sp³-hybridized carbons (Fsp3) is 0.385. The van der Waals surface area contributed by atoms with E-state index < -0.39 is 0 Å². The average Bonchev–Trinajstić information content (AvgIpc) is 3.00. The number of nitrogens with zero attached hydrogens (tertiary/aromatic N) is 3. The predicted molar refractivity (Wildman–Crippen MR) is 71.3 cm³/mol. The van der Waals surface area contributed by atoms with Gasteiger partial charge in [-0.05, 0) is 19.4 Å². The summed E-state index contributed by atoms with van der Waals surface area (Å²) in [5.74, 6) is 1.39. The van der Waals surface area contributed by atoms with Crippen LogP contribution in [-0.4, -0.2) is 25.7 Å². The van der Waals surface area contributed by atoms with Crippen LogP contribution in [0, 0.1) is 0 Å². The molecule has 1 atom stereocenters. The minimum atomic E-state index is -0.328. The SMILES string of the molecule is CC(NC(=O)c1cccc(=O)[nH]1)c1nnc2n1CCC2. The van der Waals surface area contributed by atoms with Gasteiger partial charge in [0.2, 0.25) is 5.56 Å². The molecular formula is C13H15N5O2. The van der Waals surface area contributed by atoms with Crippen molar-refractivity contribution in [2.75, 3.05) is 0 Å². The second-order valence-corrected chi connectivity index (χ2v) is 4.85. The first-order valence-electron chi connectivity index (χ1n) is 6.57. The van der Waals surface area contributed by atoms with E-state index in [0.29, 0.717) is 0 Å². The van der Waals surface area contributed by atoms with Crippen molar-refractivity contribution in [1.29, 1.82) is 0 Å². The number of amides is 1. The topological polar surface area (TPSA) is 92.7 Å². The highest BCUT2D eigenvalue weighted by molar-refractivity contribution is 5.92. The van der Waals surface area contributed by atoms with E-state index in [1.807, 2.05) is 11.5 Å². The lowest BCUT2D eigenvalue weighted by molar-refractivity contribution is 0.0932. The maximum absolute atomic E-state index is 12.1. The third-order valence-electron chi connectivity index (χ3n) is 3.39. The van der Waals surface area contributed by atoms with E-state index in [1.54, 1.807) is 12.1 Å². The summed E-state index contributed by atoms with van der Waals surface area (Å²) in [7, 11) is 0. The maximum atomic E-state index is 12.1. The highest BCUT2D eigenvalue weighted by atomic mass is 16.2. The van der Waals surface area contributed by atoms with Gasteiger partial charge in [0.15, 0.2) is 5.82 Å². The molecule has 2 aromatic heterocycles. The molecule has 7 heteroatoms. The summed E-state index contributed by atoms with van der Waals surface area (Å²) in [6.07, 6.45) is 1.99. The Labute approximate surface area is 115 Å². The first-order chi connectivity index (χ1) is 9.65. The Morgan fingerprint density at radius 1 is 1.45 bits per heavy atom. The maximum Gasteiger partial charge on any atom is 0.268 e. The Morgan fingerprint density at radius 2 is 2.30 bits per heavy atom. The quantitative estimate of drug-likeness (QED) is 0.846.